The maximum Gasteiger partial charge on any atom is 0.323 e. The number of aryl methyl sites for hydroxylation is 1. The van der Waals surface area contributed by atoms with Crippen molar-refractivity contribution in [3.8, 4) is 0 Å². The number of nitrogens with zero attached hydrogens (tertiary/aromatic N) is 4. The molecule has 2 unspecified atom stereocenters. The number of carboxylic acid groups (broad SMARTS) is 1. The topological polar surface area (TPSA) is 88.3 Å². The molecule has 1 amide bonds. The van der Waals surface area contributed by atoms with Gasteiger partial charge in [-0.25, -0.2) is 0 Å². The standard InChI is InChI=1S/C19H24N4O3S/c1-4-7-16-20-21-19(22(16)11-17(24)25)27-13(3)18(26)23-12(2)10-14-8-5-6-9-15(14)23/h5-6,8-9,12-13H,4,7,10-11H2,1-3H3,(H,24,25). The highest BCUT2D eigenvalue weighted by Crippen LogP contribution is 2.34. The molecule has 1 aromatic heterocycles. The van der Waals surface area contributed by atoms with Crippen molar-refractivity contribution in [3.05, 3.63) is 35.7 Å². The average Bonchev–Trinajstić information content (AvgIpc) is 3.14. The summed E-state index contributed by atoms with van der Waals surface area (Å²) in [5, 5.41) is 17.5. The average molecular weight is 388 g/mol. The number of amides is 1. The van der Waals surface area contributed by atoms with Crippen molar-refractivity contribution in [2.24, 2.45) is 0 Å². The van der Waals surface area contributed by atoms with Crippen LogP contribution in [0.5, 0.6) is 0 Å². The van der Waals surface area contributed by atoms with Gasteiger partial charge in [-0.1, -0.05) is 36.9 Å². The predicted octanol–water partition coefficient (Wildman–Crippen LogP) is 2.77. The Morgan fingerprint density at radius 2 is 2.07 bits per heavy atom. The van der Waals surface area contributed by atoms with Gasteiger partial charge in [0.25, 0.3) is 0 Å². The molecule has 0 saturated carbocycles. The van der Waals surface area contributed by atoms with Gasteiger partial charge in [0.15, 0.2) is 5.16 Å². The van der Waals surface area contributed by atoms with E-state index in [1.165, 1.54) is 17.3 Å². The minimum atomic E-state index is -0.949. The van der Waals surface area contributed by atoms with Crippen molar-refractivity contribution >= 4 is 29.3 Å². The molecule has 7 nitrogen and oxygen atoms in total. The molecule has 2 atom stereocenters. The van der Waals surface area contributed by atoms with Crippen molar-refractivity contribution in [1.82, 2.24) is 14.8 Å². The predicted molar refractivity (Wildman–Crippen MR) is 104 cm³/mol. The number of para-hydroxylation sites is 1. The molecule has 3 rings (SSSR count). The number of hydrogen-bond donors (Lipinski definition) is 1. The van der Waals surface area contributed by atoms with Crippen LogP contribution < -0.4 is 4.90 Å². The smallest absolute Gasteiger partial charge is 0.323 e. The van der Waals surface area contributed by atoms with E-state index in [4.69, 9.17) is 0 Å². The monoisotopic (exact) mass is 388 g/mol. The third kappa shape index (κ3) is 4.00. The van der Waals surface area contributed by atoms with Crippen LogP contribution in [0.1, 0.15) is 38.6 Å². The van der Waals surface area contributed by atoms with Crippen LogP contribution in [-0.2, 0) is 29.0 Å². The Morgan fingerprint density at radius 1 is 1.33 bits per heavy atom. The number of anilines is 1. The molecule has 0 radical (unpaired) electrons. The Hall–Kier alpha value is -2.35. The van der Waals surface area contributed by atoms with Gasteiger partial charge in [0.2, 0.25) is 5.91 Å². The Bertz CT molecular complexity index is 851. The number of benzene rings is 1. The summed E-state index contributed by atoms with van der Waals surface area (Å²) in [7, 11) is 0. The second-order valence-electron chi connectivity index (χ2n) is 6.78. The fourth-order valence-corrected chi connectivity index (χ4v) is 4.33. The molecular weight excluding hydrogens is 364 g/mol. The molecule has 1 aliphatic rings. The van der Waals surface area contributed by atoms with Crippen molar-refractivity contribution in [3.63, 3.8) is 0 Å². The van der Waals surface area contributed by atoms with Gasteiger partial charge in [-0.2, -0.15) is 0 Å². The molecular formula is C19H24N4O3S. The lowest BCUT2D eigenvalue weighted by Gasteiger charge is -2.25. The van der Waals surface area contributed by atoms with Gasteiger partial charge in [-0.15, -0.1) is 10.2 Å². The Labute approximate surface area is 162 Å². The molecule has 27 heavy (non-hydrogen) atoms. The first-order valence-corrected chi connectivity index (χ1v) is 10.0. The fraction of sp³-hybridized carbons (Fsp3) is 0.474. The molecule has 1 aliphatic heterocycles. The van der Waals surface area contributed by atoms with Crippen LogP contribution in [0.4, 0.5) is 5.69 Å². The molecule has 0 saturated heterocycles. The molecule has 0 aliphatic carbocycles. The summed E-state index contributed by atoms with van der Waals surface area (Å²) in [5.74, 6) is -0.309. The van der Waals surface area contributed by atoms with Crippen LogP contribution in [0.2, 0.25) is 0 Å². The van der Waals surface area contributed by atoms with Gasteiger partial charge in [-0.05, 0) is 38.3 Å². The number of hydrogen-bond acceptors (Lipinski definition) is 5. The van der Waals surface area contributed by atoms with E-state index in [2.05, 4.69) is 16.3 Å². The maximum absolute atomic E-state index is 13.1. The number of thioether (sulfide) groups is 1. The van der Waals surface area contributed by atoms with E-state index in [9.17, 15) is 14.7 Å². The van der Waals surface area contributed by atoms with E-state index in [0.29, 0.717) is 17.4 Å². The van der Waals surface area contributed by atoms with Crippen molar-refractivity contribution < 1.29 is 14.7 Å². The second kappa shape index (κ2) is 8.12. The number of carbonyl (C=O) groups excluding carboxylic acids is 1. The first kappa shape index (κ1) is 19.4. The van der Waals surface area contributed by atoms with Crippen LogP contribution in [0.3, 0.4) is 0 Å². The highest BCUT2D eigenvalue weighted by Gasteiger charge is 2.34. The first-order valence-electron chi connectivity index (χ1n) is 9.13. The maximum atomic E-state index is 13.1. The number of aromatic nitrogens is 3. The number of carbonyl (C=O) groups is 2. The fourth-order valence-electron chi connectivity index (χ4n) is 3.41. The van der Waals surface area contributed by atoms with Gasteiger partial charge >= 0.3 is 5.97 Å². The van der Waals surface area contributed by atoms with E-state index < -0.39 is 11.2 Å². The Morgan fingerprint density at radius 3 is 2.78 bits per heavy atom. The van der Waals surface area contributed by atoms with E-state index in [-0.39, 0.29) is 18.5 Å². The van der Waals surface area contributed by atoms with E-state index in [1.54, 1.807) is 4.57 Å². The normalized spacial score (nSPS) is 17.0. The molecule has 144 valence electrons. The largest absolute Gasteiger partial charge is 0.480 e. The molecule has 2 aromatic rings. The van der Waals surface area contributed by atoms with Gasteiger partial charge in [0.1, 0.15) is 12.4 Å². The highest BCUT2D eigenvalue weighted by atomic mass is 32.2. The van der Waals surface area contributed by atoms with Crippen molar-refractivity contribution in [1.29, 1.82) is 0 Å². The molecule has 0 bridgehead atoms. The number of rotatable bonds is 7. The lowest BCUT2D eigenvalue weighted by Crippen LogP contribution is -2.40. The van der Waals surface area contributed by atoms with E-state index >= 15 is 0 Å². The summed E-state index contributed by atoms with van der Waals surface area (Å²) < 4.78 is 1.60. The number of carboxylic acids is 1. The Balaban J connectivity index is 1.80. The summed E-state index contributed by atoms with van der Waals surface area (Å²) in [6.45, 7) is 5.68. The quantitative estimate of drug-likeness (QED) is 0.734. The third-order valence-corrected chi connectivity index (χ3v) is 5.70. The molecule has 8 heteroatoms. The second-order valence-corrected chi connectivity index (χ2v) is 8.09. The number of aliphatic carboxylic acids is 1. The lowest BCUT2D eigenvalue weighted by molar-refractivity contribution is -0.137. The van der Waals surface area contributed by atoms with Crippen molar-refractivity contribution in [2.75, 3.05) is 4.90 Å². The SMILES string of the molecule is CCCc1nnc(SC(C)C(=O)N2c3ccccc3CC2C)n1CC(=O)O. The minimum Gasteiger partial charge on any atom is -0.480 e. The van der Waals surface area contributed by atoms with Gasteiger partial charge < -0.3 is 10.0 Å². The van der Waals surface area contributed by atoms with E-state index in [1.807, 2.05) is 43.9 Å². The van der Waals surface area contributed by atoms with Crippen molar-refractivity contribution in [2.45, 2.75) is 63.0 Å². The van der Waals surface area contributed by atoms with Crippen LogP contribution in [-0.4, -0.2) is 43.0 Å². The van der Waals surface area contributed by atoms with Gasteiger partial charge in [-0.3, -0.25) is 14.2 Å². The first-order chi connectivity index (χ1) is 12.9. The zero-order valence-corrected chi connectivity index (χ0v) is 16.6. The molecule has 0 fully saturated rings. The third-order valence-electron chi connectivity index (χ3n) is 4.64. The summed E-state index contributed by atoms with van der Waals surface area (Å²) >= 11 is 1.27. The minimum absolute atomic E-state index is 0.000587. The Kier molecular flexibility index (Phi) is 5.84. The highest BCUT2D eigenvalue weighted by molar-refractivity contribution is 8.00. The lowest BCUT2D eigenvalue weighted by atomic mass is 10.1. The van der Waals surface area contributed by atoms with Crippen LogP contribution in [0.25, 0.3) is 0 Å². The molecule has 0 spiro atoms. The summed E-state index contributed by atoms with van der Waals surface area (Å²) in [5.41, 5.74) is 2.14. The van der Waals surface area contributed by atoms with Crippen LogP contribution in [0, 0.1) is 0 Å². The van der Waals surface area contributed by atoms with Crippen LogP contribution in [0.15, 0.2) is 29.4 Å². The number of fused-ring (bicyclic) bond motifs is 1. The molecule has 1 aromatic carbocycles. The molecule has 2 heterocycles. The van der Waals surface area contributed by atoms with Crippen LogP contribution >= 0.6 is 11.8 Å². The molecule has 1 N–H and O–H groups in total. The zero-order valence-electron chi connectivity index (χ0n) is 15.8. The van der Waals surface area contributed by atoms with Gasteiger partial charge in [0.05, 0.1) is 5.25 Å². The zero-order chi connectivity index (χ0) is 19.6. The van der Waals surface area contributed by atoms with E-state index in [0.717, 1.165) is 18.5 Å². The summed E-state index contributed by atoms with van der Waals surface area (Å²) in [6.07, 6.45) is 2.34. The van der Waals surface area contributed by atoms with Gasteiger partial charge in [0, 0.05) is 18.2 Å². The summed E-state index contributed by atoms with van der Waals surface area (Å²) in [4.78, 5) is 26.2. The summed E-state index contributed by atoms with van der Waals surface area (Å²) in [6, 6.07) is 8.06.